The van der Waals surface area contributed by atoms with Gasteiger partial charge in [-0.2, -0.15) is 0 Å². The highest BCUT2D eigenvalue weighted by Crippen LogP contribution is 2.16. The maximum atomic E-state index is 13.4. The molecule has 0 unspecified atom stereocenters. The monoisotopic (exact) mass is 251 g/mol. The van der Waals surface area contributed by atoms with E-state index >= 15 is 0 Å². The molecule has 0 saturated carbocycles. The zero-order chi connectivity index (χ0) is 13.1. The number of rotatable bonds is 4. The summed E-state index contributed by atoms with van der Waals surface area (Å²) < 4.78 is 31.8. The fraction of sp³-hybridized carbons (Fsp3) is 0.154. The zero-order valence-corrected chi connectivity index (χ0v) is 9.45. The SMILES string of the molecule is NCc1ccc(C(=O)Cc2c(F)cccc2F)o1. The first-order valence-corrected chi connectivity index (χ1v) is 5.36. The minimum absolute atomic E-state index is 0.0538. The number of hydrogen-bond donors (Lipinski definition) is 1. The van der Waals surface area contributed by atoms with Crippen molar-refractivity contribution in [2.45, 2.75) is 13.0 Å². The molecule has 0 atom stereocenters. The maximum Gasteiger partial charge on any atom is 0.202 e. The van der Waals surface area contributed by atoms with Gasteiger partial charge in [-0.05, 0) is 24.3 Å². The number of hydrogen-bond acceptors (Lipinski definition) is 3. The molecule has 0 aliphatic carbocycles. The summed E-state index contributed by atoms with van der Waals surface area (Å²) in [5.74, 6) is -1.47. The highest BCUT2D eigenvalue weighted by atomic mass is 19.1. The number of benzene rings is 1. The molecule has 0 bridgehead atoms. The average Bonchev–Trinajstić information content (AvgIpc) is 2.82. The molecule has 0 aliphatic rings. The van der Waals surface area contributed by atoms with E-state index in [9.17, 15) is 13.6 Å². The molecule has 5 heteroatoms. The van der Waals surface area contributed by atoms with E-state index in [-0.39, 0.29) is 24.3 Å². The number of ketones is 1. The van der Waals surface area contributed by atoms with E-state index in [1.54, 1.807) is 6.07 Å². The summed E-state index contributed by atoms with van der Waals surface area (Å²) in [6.45, 7) is 0.168. The van der Waals surface area contributed by atoms with E-state index in [0.717, 1.165) is 12.1 Å². The fourth-order valence-electron chi connectivity index (χ4n) is 1.59. The lowest BCUT2D eigenvalue weighted by Crippen LogP contribution is -2.06. The van der Waals surface area contributed by atoms with Gasteiger partial charge in [0.1, 0.15) is 17.4 Å². The Labute approximate surface area is 102 Å². The summed E-state index contributed by atoms with van der Waals surface area (Å²) in [6, 6.07) is 6.48. The fourth-order valence-corrected chi connectivity index (χ4v) is 1.59. The Kier molecular flexibility index (Phi) is 3.53. The molecular formula is C13H11F2NO2. The third-order valence-electron chi connectivity index (χ3n) is 2.54. The summed E-state index contributed by atoms with van der Waals surface area (Å²) in [7, 11) is 0. The normalized spacial score (nSPS) is 10.6. The molecule has 0 fully saturated rings. The largest absolute Gasteiger partial charge is 0.457 e. The smallest absolute Gasteiger partial charge is 0.202 e. The summed E-state index contributed by atoms with van der Waals surface area (Å²) >= 11 is 0. The summed E-state index contributed by atoms with van der Waals surface area (Å²) in [4.78, 5) is 11.8. The number of halogens is 2. The Morgan fingerprint density at radius 2 is 1.83 bits per heavy atom. The van der Waals surface area contributed by atoms with Gasteiger partial charge in [-0.15, -0.1) is 0 Å². The van der Waals surface area contributed by atoms with Crippen LogP contribution < -0.4 is 5.73 Å². The van der Waals surface area contributed by atoms with Gasteiger partial charge < -0.3 is 10.2 Å². The first-order chi connectivity index (χ1) is 8.61. The predicted molar refractivity (Wildman–Crippen MR) is 61.0 cm³/mol. The molecule has 0 spiro atoms. The second-order valence-corrected chi connectivity index (χ2v) is 3.77. The molecule has 1 aromatic heterocycles. The molecule has 94 valence electrons. The van der Waals surface area contributed by atoms with Crippen molar-refractivity contribution in [3.63, 3.8) is 0 Å². The van der Waals surface area contributed by atoms with Crippen molar-refractivity contribution >= 4 is 5.78 Å². The predicted octanol–water partition coefficient (Wildman–Crippen LogP) is 2.44. The first-order valence-electron chi connectivity index (χ1n) is 5.36. The quantitative estimate of drug-likeness (QED) is 0.849. The molecule has 2 aromatic rings. The van der Waals surface area contributed by atoms with Gasteiger partial charge in [0, 0.05) is 12.0 Å². The molecule has 0 amide bonds. The molecule has 3 nitrogen and oxygen atoms in total. The van der Waals surface area contributed by atoms with Crippen LogP contribution in [-0.2, 0) is 13.0 Å². The van der Waals surface area contributed by atoms with Crippen LogP contribution in [0.4, 0.5) is 8.78 Å². The number of nitrogens with two attached hydrogens (primary N) is 1. The molecule has 2 rings (SSSR count). The lowest BCUT2D eigenvalue weighted by Gasteiger charge is -2.02. The second-order valence-electron chi connectivity index (χ2n) is 3.77. The number of Topliss-reactive ketones (excluding diaryl/α,β-unsaturated/α-hetero) is 1. The van der Waals surface area contributed by atoms with E-state index in [0.29, 0.717) is 5.76 Å². The molecule has 1 heterocycles. The van der Waals surface area contributed by atoms with Gasteiger partial charge in [-0.25, -0.2) is 8.78 Å². The van der Waals surface area contributed by atoms with Gasteiger partial charge in [0.05, 0.1) is 6.54 Å². The van der Waals surface area contributed by atoms with Crippen molar-refractivity contribution in [3.05, 3.63) is 59.1 Å². The van der Waals surface area contributed by atoms with Gasteiger partial charge >= 0.3 is 0 Å². The van der Waals surface area contributed by atoms with Gasteiger partial charge in [-0.1, -0.05) is 6.07 Å². The lowest BCUT2D eigenvalue weighted by atomic mass is 10.1. The van der Waals surface area contributed by atoms with Gasteiger partial charge in [-0.3, -0.25) is 4.79 Å². The van der Waals surface area contributed by atoms with Gasteiger partial charge in [0.25, 0.3) is 0 Å². The van der Waals surface area contributed by atoms with E-state index in [2.05, 4.69) is 0 Å². The van der Waals surface area contributed by atoms with Gasteiger partial charge in [0.15, 0.2) is 5.76 Å². The average molecular weight is 251 g/mol. The Morgan fingerprint density at radius 1 is 1.17 bits per heavy atom. The van der Waals surface area contributed by atoms with Crippen LogP contribution in [0.15, 0.2) is 34.7 Å². The van der Waals surface area contributed by atoms with E-state index in [1.165, 1.54) is 12.1 Å². The van der Waals surface area contributed by atoms with Crippen molar-refractivity contribution in [3.8, 4) is 0 Å². The van der Waals surface area contributed by atoms with Crippen molar-refractivity contribution in [1.82, 2.24) is 0 Å². The van der Waals surface area contributed by atoms with Gasteiger partial charge in [0.2, 0.25) is 5.78 Å². The topological polar surface area (TPSA) is 56.2 Å². The Morgan fingerprint density at radius 3 is 2.39 bits per heavy atom. The minimum Gasteiger partial charge on any atom is -0.457 e. The van der Waals surface area contributed by atoms with E-state index in [4.69, 9.17) is 10.2 Å². The third kappa shape index (κ3) is 2.46. The number of furan rings is 1. The van der Waals surface area contributed by atoms with Crippen LogP contribution in [0.1, 0.15) is 21.9 Å². The van der Waals surface area contributed by atoms with Crippen LogP contribution in [0.2, 0.25) is 0 Å². The van der Waals surface area contributed by atoms with Crippen LogP contribution in [-0.4, -0.2) is 5.78 Å². The second kappa shape index (κ2) is 5.10. The number of carbonyl (C=O) groups excluding carboxylic acids is 1. The molecule has 2 N–H and O–H groups in total. The number of carbonyl (C=O) groups is 1. The van der Waals surface area contributed by atoms with Crippen LogP contribution in [0, 0.1) is 11.6 Å². The standard InChI is InChI=1S/C13H11F2NO2/c14-10-2-1-3-11(15)9(10)6-12(17)13-5-4-8(7-16)18-13/h1-5H,6-7,16H2. The van der Waals surface area contributed by atoms with E-state index < -0.39 is 17.4 Å². The van der Waals surface area contributed by atoms with Crippen LogP contribution in [0.5, 0.6) is 0 Å². The lowest BCUT2D eigenvalue weighted by molar-refractivity contribution is 0.0962. The molecule has 0 radical (unpaired) electrons. The summed E-state index contributed by atoms with van der Waals surface area (Å²) in [5.41, 5.74) is 5.08. The molecule has 0 aliphatic heterocycles. The maximum absolute atomic E-state index is 13.4. The first kappa shape index (κ1) is 12.4. The van der Waals surface area contributed by atoms with Crippen LogP contribution >= 0.6 is 0 Å². The Balaban J connectivity index is 2.21. The molecule has 1 aromatic carbocycles. The third-order valence-corrected chi connectivity index (χ3v) is 2.54. The van der Waals surface area contributed by atoms with Crippen molar-refractivity contribution in [2.24, 2.45) is 5.73 Å². The van der Waals surface area contributed by atoms with Crippen molar-refractivity contribution in [1.29, 1.82) is 0 Å². The Hall–Kier alpha value is -2.01. The molecule has 18 heavy (non-hydrogen) atoms. The zero-order valence-electron chi connectivity index (χ0n) is 9.45. The minimum atomic E-state index is -0.742. The van der Waals surface area contributed by atoms with Crippen LogP contribution in [0.3, 0.4) is 0 Å². The molecule has 0 saturated heterocycles. The van der Waals surface area contributed by atoms with Crippen LogP contribution in [0.25, 0.3) is 0 Å². The van der Waals surface area contributed by atoms with E-state index in [1.807, 2.05) is 0 Å². The highest BCUT2D eigenvalue weighted by Gasteiger charge is 2.17. The summed E-state index contributed by atoms with van der Waals surface area (Å²) in [6.07, 6.45) is -0.379. The highest BCUT2D eigenvalue weighted by molar-refractivity contribution is 5.95. The molecular weight excluding hydrogens is 240 g/mol. The van der Waals surface area contributed by atoms with Crippen molar-refractivity contribution in [2.75, 3.05) is 0 Å². The van der Waals surface area contributed by atoms with Crippen molar-refractivity contribution < 1.29 is 18.0 Å². The summed E-state index contributed by atoms with van der Waals surface area (Å²) in [5, 5.41) is 0. The Bertz CT molecular complexity index is 558.